The van der Waals surface area contributed by atoms with Crippen molar-refractivity contribution in [1.82, 2.24) is 0 Å². The fourth-order valence-electron chi connectivity index (χ4n) is 1.73. The highest BCUT2D eigenvalue weighted by Crippen LogP contribution is 2.40. The Morgan fingerprint density at radius 1 is 1.42 bits per heavy atom. The minimum atomic E-state index is -0.371. The van der Waals surface area contributed by atoms with Crippen molar-refractivity contribution in [2.75, 3.05) is 13.7 Å². The van der Waals surface area contributed by atoms with E-state index in [1.165, 1.54) is 11.3 Å². The maximum absolute atomic E-state index is 11.8. The normalized spacial score (nSPS) is 10.3. The van der Waals surface area contributed by atoms with Crippen LogP contribution >= 0.6 is 22.9 Å². The monoisotopic (exact) mass is 296 g/mol. The van der Waals surface area contributed by atoms with Crippen molar-refractivity contribution in [3.8, 4) is 16.2 Å². The van der Waals surface area contributed by atoms with Gasteiger partial charge in [-0.25, -0.2) is 4.79 Å². The molecule has 0 radical (unpaired) electrons. The predicted octanol–water partition coefficient (Wildman–Crippen LogP) is 4.25. The molecule has 1 aromatic carbocycles. The van der Waals surface area contributed by atoms with E-state index in [9.17, 15) is 4.79 Å². The molecule has 0 unspecified atom stereocenters. The molecule has 0 aliphatic rings. The summed E-state index contributed by atoms with van der Waals surface area (Å²) in [6.07, 6.45) is 0. The molecule has 0 saturated carbocycles. The maximum atomic E-state index is 11.8. The van der Waals surface area contributed by atoms with E-state index in [0.29, 0.717) is 22.9 Å². The number of methoxy groups -OCH3 is 1. The quantitative estimate of drug-likeness (QED) is 0.791. The summed E-state index contributed by atoms with van der Waals surface area (Å²) in [4.78, 5) is 12.7. The van der Waals surface area contributed by atoms with Gasteiger partial charge in [-0.15, -0.1) is 11.3 Å². The topological polar surface area (TPSA) is 35.5 Å². The Balaban J connectivity index is 2.45. The van der Waals surface area contributed by atoms with Crippen LogP contribution in [0.5, 0.6) is 5.75 Å². The van der Waals surface area contributed by atoms with Crippen LogP contribution < -0.4 is 4.74 Å². The Morgan fingerprint density at radius 3 is 2.84 bits per heavy atom. The Labute approximate surface area is 120 Å². The van der Waals surface area contributed by atoms with Gasteiger partial charge in [0.1, 0.15) is 5.56 Å². The lowest BCUT2D eigenvalue weighted by Crippen LogP contribution is -2.04. The second kappa shape index (κ2) is 6.08. The second-order valence-corrected chi connectivity index (χ2v) is 5.06. The molecule has 0 atom stereocenters. The molecule has 1 aromatic heterocycles. The first-order chi connectivity index (χ1) is 9.17. The number of hydrogen-bond donors (Lipinski definition) is 0. The molecular weight excluding hydrogens is 284 g/mol. The van der Waals surface area contributed by atoms with Crippen LogP contribution in [0.3, 0.4) is 0 Å². The van der Waals surface area contributed by atoms with Crippen molar-refractivity contribution in [3.05, 3.63) is 40.2 Å². The summed E-state index contributed by atoms with van der Waals surface area (Å²) in [7, 11) is 1.54. The first kappa shape index (κ1) is 13.9. The van der Waals surface area contributed by atoms with E-state index in [1.807, 2.05) is 18.2 Å². The Morgan fingerprint density at radius 2 is 2.21 bits per heavy atom. The van der Waals surface area contributed by atoms with Gasteiger partial charge in [-0.1, -0.05) is 23.7 Å². The molecule has 1 heterocycles. The molecule has 0 aliphatic heterocycles. The third-order valence-corrected chi connectivity index (χ3v) is 3.78. The number of thiophene rings is 1. The molecule has 0 amide bonds. The standard InChI is InChI=1S/C14H13ClO3S/c1-3-18-14(16)11-8-19-13(12(11)17-2)9-5-4-6-10(15)7-9/h4-8H,3H2,1-2H3. The smallest absolute Gasteiger partial charge is 0.342 e. The van der Waals surface area contributed by atoms with Crippen LogP contribution in [0, 0.1) is 0 Å². The SMILES string of the molecule is CCOC(=O)c1csc(-c2cccc(Cl)c2)c1OC. The van der Waals surface area contributed by atoms with Crippen molar-refractivity contribution in [2.24, 2.45) is 0 Å². The number of ether oxygens (including phenoxy) is 2. The number of hydrogen-bond acceptors (Lipinski definition) is 4. The van der Waals surface area contributed by atoms with Crippen molar-refractivity contribution < 1.29 is 14.3 Å². The lowest BCUT2D eigenvalue weighted by molar-refractivity contribution is 0.0523. The molecule has 100 valence electrons. The molecule has 0 fully saturated rings. The lowest BCUT2D eigenvalue weighted by Gasteiger charge is -2.06. The maximum Gasteiger partial charge on any atom is 0.342 e. The van der Waals surface area contributed by atoms with Gasteiger partial charge in [0.25, 0.3) is 0 Å². The average Bonchev–Trinajstić information content (AvgIpc) is 2.82. The molecule has 2 rings (SSSR count). The largest absolute Gasteiger partial charge is 0.494 e. The highest BCUT2D eigenvalue weighted by atomic mass is 35.5. The number of benzene rings is 1. The first-order valence-corrected chi connectivity index (χ1v) is 7.01. The van der Waals surface area contributed by atoms with Gasteiger partial charge in [0.05, 0.1) is 18.6 Å². The van der Waals surface area contributed by atoms with Gasteiger partial charge in [-0.3, -0.25) is 0 Å². The van der Waals surface area contributed by atoms with E-state index in [2.05, 4.69) is 0 Å². The van der Waals surface area contributed by atoms with E-state index >= 15 is 0 Å². The zero-order valence-electron chi connectivity index (χ0n) is 10.6. The van der Waals surface area contributed by atoms with Crippen molar-refractivity contribution in [1.29, 1.82) is 0 Å². The molecule has 0 aliphatic carbocycles. The van der Waals surface area contributed by atoms with Crippen LogP contribution in [0.15, 0.2) is 29.6 Å². The average molecular weight is 297 g/mol. The fourth-order valence-corrected chi connectivity index (χ4v) is 2.92. The van der Waals surface area contributed by atoms with Gasteiger partial charge < -0.3 is 9.47 Å². The molecule has 0 spiro atoms. The first-order valence-electron chi connectivity index (χ1n) is 5.76. The number of rotatable bonds is 4. The van der Waals surface area contributed by atoms with Crippen LogP contribution in [0.4, 0.5) is 0 Å². The van der Waals surface area contributed by atoms with E-state index in [1.54, 1.807) is 25.5 Å². The number of carbonyl (C=O) groups is 1. The van der Waals surface area contributed by atoms with Crippen LogP contribution in [0.1, 0.15) is 17.3 Å². The number of halogens is 1. The molecule has 0 N–H and O–H groups in total. The lowest BCUT2D eigenvalue weighted by atomic mass is 10.1. The van der Waals surface area contributed by atoms with Crippen molar-refractivity contribution in [3.63, 3.8) is 0 Å². The Bertz CT molecular complexity index is 592. The summed E-state index contributed by atoms with van der Waals surface area (Å²) in [6, 6.07) is 7.43. The molecule has 5 heteroatoms. The summed E-state index contributed by atoms with van der Waals surface area (Å²) in [6.45, 7) is 2.11. The van der Waals surface area contributed by atoms with E-state index < -0.39 is 0 Å². The molecule has 0 saturated heterocycles. The highest BCUT2D eigenvalue weighted by molar-refractivity contribution is 7.14. The number of carbonyl (C=O) groups excluding carboxylic acids is 1. The summed E-state index contributed by atoms with van der Waals surface area (Å²) in [5.74, 6) is 0.162. The summed E-state index contributed by atoms with van der Waals surface area (Å²) in [5.41, 5.74) is 1.37. The Kier molecular flexibility index (Phi) is 4.45. The zero-order chi connectivity index (χ0) is 13.8. The van der Waals surface area contributed by atoms with Crippen molar-refractivity contribution in [2.45, 2.75) is 6.92 Å². The number of esters is 1. The predicted molar refractivity (Wildman–Crippen MR) is 77.3 cm³/mol. The summed E-state index contributed by atoms with van der Waals surface area (Å²) in [5, 5.41) is 2.39. The Hall–Kier alpha value is -1.52. The van der Waals surface area contributed by atoms with Gasteiger partial charge in [-0.2, -0.15) is 0 Å². The summed E-state index contributed by atoms with van der Waals surface area (Å²) < 4.78 is 10.3. The molecule has 3 nitrogen and oxygen atoms in total. The minimum absolute atomic E-state index is 0.338. The van der Waals surface area contributed by atoms with E-state index in [0.717, 1.165) is 10.4 Å². The second-order valence-electron chi connectivity index (χ2n) is 3.74. The zero-order valence-corrected chi connectivity index (χ0v) is 12.2. The molecule has 19 heavy (non-hydrogen) atoms. The molecular formula is C14H13ClO3S. The van der Waals surface area contributed by atoms with E-state index in [-0.39, 0.29) is 5.97 Å². The van der Waals surface area contributed by atoms with Gasteiger partial charge in [0.2, 0.25) is 0 Å². The molecule has 0 bridgehead atoms. The fraction of sp³-hybridized carbons (Fsp3) is 0.214. The van der Waals surface area contributed by atoms with Crippen LogP contribution in [0.25, 0.3) is 10.4 Å². The molecule has 2 aromatic rings. The van der Waals surface area contributed by atoms with Crippen LogP contribution in [-0.4, -0.2) is 19.7 Å². The summed E-state index contributed by atoms with van der Waals surface area (Å²) >= 11 is 7.41. The minimum Gasteiger partial charge on any atom is -0.494 e. The van der Waals surface area contributed by atoms with Gasteiger partial charge >= 0.3 is 5.97 Å². The van der Waals surface area contributed by atoms with Gasteiger partial charge in [0.15, 0.2) is 5.75 Å². The van der Waals surface area contributed by atoms with Gasteiger partial charge in [0, 0.05) is 10.4 Å². The third-order valence-electron chi connectivity index (χ3n) is 2.53. The van der Waals surface area contributed by atoms with Crippen LogP contribution in [-0.2, 0) is 4.74 Å². The third kappa shape index (κ3) is 2.91. The van der Waals surface area contributed by atoms with Crippen molar-refractivity contribution >= 4 is 28.9 Å². The van der Waals surface area contributed by atoms with E-state index in [4.69, 9.17) is 21.1 Å². The highest BCUT2D eigenvalue weighted by Gasteiger charge is 2.20. The van der Waals surface area contributed by atoms with Crippen LogP contribution in [0.2, 0.25) is 5.02 Å². The van der Waals surface area contributed by atoms with Gasteiger partial charge in [-0.05, 0) is 24.6 Å².